The summed E-state index contributed by atoms with van der Waals surface area (Å²) in [7, 11) is 0. The first-order valence-electron chi connectivity index (χ1n) is 11.3. The van der Waals surface area contributed by atoms with Crippen LogP contribution in [0.4, 0.5) is 5.00 Å². The molecule has 0 radical (unpaired) electrons. The van der Waals surface area contributed by atoms with Gasteiger partial charge in [0.05, 0.1) is 12.2 Å². The lowest BCUT2D eigenvalue weighted by molar-refractivity contribution is -0.125. The van der Waals surface area contributed by atoms with Crippen molar-refractivity contribution in [3.05, 3.63) is 73.8 Å². The molecule has 34 heavy (non-hydrogen) atoms. The van der Waals surface area contributed by atoms with Gasteiger partial charge in [0.15, 0.2) is 0 Å². The predicted octanol–water partition coefficient (Wildman–Crippen LogP) is 5.96. The molecule has 2 heterocycles. The lowest BCUT2D eigenvalue weighted by atomic mass is 9.88. The fraction of sp³-hybridized carbons (Fsp3) is 0.346. The highest BCUT2D eigenvalue weighted by atomic mass is 32.1. The maximum Gasteiger partial charge on any atom is 0.349 e. The number of aryl methyl sites for hydroxylation is 1. The number of hydrogen-bond acceptors (Lipinski definition) is 7. The van der Waals surface area contributed by atoms with Crippen molar-refractivity contribution in [1.29, 1.82) is 0 Å². The molecule has 4 rings (SSSR count). The molecule has 2 unspecified atom stereocenters. The smallest absolute Gasteiger partial charge is 0.349 e. The quantitative estimate of drug-likeness (QED) is 0.408. The third kappa shape index (κ3) is 5.08. The summed E-state index contributed by atoms with van der Waals surface area (Å²) >= 11 is 2.68. The number of fused-ring (bicyclic) bond motifs is 1. The van der Waals surface area contributed by atoms with Crippen LogP contribution in [0.3, 0.4) is 0 Å². The Morgan fingerprint density at radius 3 is 2.59 bits per heavy atom. The van der Waals surface area contributed by atoms with Gasteiger partial charge in [0, 0.05) is 10.4 Å². The van der Waals surface area contributed by atoms with Crippen LogP contribution < -0.4 is 5.32 Å². The molecule has 6 nitrogen and oxygen atoms in total. The number of rotatable bonds is 7. The van der Waals surface area contributed by atoms with Crippen LogP contribution in [0.1, 0.15) is 68.0 Å². The molecule has 0 spiro atoms. The molecule has 1 aromatic carbocycles. The third-order valence-corrected chi connectivity index (χ3v) is 8.01. The van der Waals surface area contributed by atoms with Crippen molar-refractivity contribution in [3.63, 3.8) is 0 Å². The molecule has 0 bridgehead atoms. The molecule has 178 valence electrons. The Labute approximate surface area is 206 Å². The van der Waals surface area contributed by atoms with E-state index < -0.39 is 23.9 Å². The van der Waals surface area contributed by atoms with Gasteiger partial charge < -0.3 is 14.8 Å². The van der Waals surface area contributed by atoms with Crippen LogP contribution in [-0.4, -0.2) is 24.5 Å². The van der Waals surface area contributed by atoms with E-state index in [4.69, 9.17) is 9.47 Å². The van der Waals surface area contributed by atoms with Gasteiger partial charge >= 0.3 is 11.9 Å². The highest BCUT2D eigenvalue weighted by molar-refractivity contribution is 7.17. The molecule has 1 N–H and O–H groups in total. The van der Waals surface area contributed by atoms with Gasteiger partial charge in [-0.25, -0.2) is 9.59 Å². The Bertz CT molecular complexity index is 1200. The summed E-state index contributed by atoms with van der Waals surface area (Å²) in [6.07, 6.45) is 1.44. The van der Waals surface area contributed by atoms with E-state index in [-0.39, 0.29) is 6.61 Å². The number of amides is 1. The first-order chi connectivity index (χ1) is 16.4. The maximum absolute atomic E-state index is 13.5. The predicted molar refractivity (Wildman–Crippen MR) is 134 cm³/mol. The summed E-state index contributed by atoms with van der Waals surface area (Å²) in [4.78, 5) is 40.7. The molecule has 0 saturated heterocycles. The zero-order valence-electron chi connectivity index (χ0n) is 19.4. The minimum absolute atomic E-state index is 0.248. The van der Waals surface area contributed by atoms with Crippen molar-refractivity contribution in [1.82, 2.24) is 0 Å². The number of ether oxygens (including phenoxy) is 2. The van der Waals surface area contributed by atoms with Crippen molar-refractivity contribution in [2.24, 2.45) is 5.92 Å². The zero-order valence-corrected chi connectivity index (χ0v) is 21.0. The second kappa shape index (κ2) is 10.5. The van der Waals surface area contributed by atoms with Crippen LogP contribution in [-0.2, 0) is 27.1 Å². The number of benzene rings is 1. The van der Waals surface area contributed by atoms with Gasteiger partial charge in [0.25, 0.3) is 5.91 Å². The van der Waals surface area contributed by atoms with Gasteiger partial charge in [-0.2, -0.15) is 0 Å². The van der Waals surface area contributed by atoms with Crippen molar-refractivity contribution in [3.8, 4) is 0 Å². The van der Waals surface area contributed by atoms with Gasteiger partial charge in [0.1, 0.15) is 9.88 Å². The summed E-state index contributed by atoms with van der Waals surface area (Å²) < 4.78 is 11.0. The standard InChI is InChI=1S/C26H27NO5S2/c1-4-31-25(29)20-18-11-10-15(2)14-19(18)34-24(20)27-23(28)21(17-8-6-5-7-9-17)32-26(30)22-16(3)12-13-33-22/h5-9,12-13,15,21H,4,10-11,14H2,1-3H3,(H,27,28). The summed E-state index contributed by atoms with van der Waals surface area (Å²) in [5, 5.41) is 5.15. The monoisotopic (exact) mass is 497 g/mol. The van der Waals surface area contributed by atoms with Crippen LogP contribution in [0, 0.1) is 12.8 Å². The summed E-state index contributed by atoms with van der Waals surface area (Å²) in [6, 6.07) is 10.7. The number of carbonyl (C=O) groups excluding carboxylic acids is 3. The number of carbonyl (C=O) groups is 3. The van der Waals surface area contributed by atoms with Crippen LogP contribution >= 0.6 is 22.7 Å². The van der Waals surface area contributed by atoms with Crippen molar-refractivity contribution in [2.45, 2.75) is 46.1 Å². The van der Waals surface area contributed by atoms with E-state index in [1.165, 1.54) is 22.7 Å². The topological polar surface area (TPSA) is 81.7 Å². The third-order valence-electron chi connectivity index (χ3n) is 5.84. The second-order valence-corrected chi connectivity index (χ2v) is 10.4. The van der Waals surface area contributed by atoms with Crippen molar-refractivity contribution >= 4 is 45.5 Å². The molecular weight excluding hydrogens is 470 g/mol. The molecule has 8 heteroatoms. The van der Waals surface area contributed by atoms with Crippen molar-refractivity contribution < 1.29 is 23.9 Å². The Morgan fingerprint density at radius 1 is 1.15 bits per heavy atom. The largest absolute Gasteiger partial charge is 0.462 e. The molecule has 0 aliphatic heterocycles. The van der Waals surface area contributed by atoms with Crippen LogP contribution in [0.15, 0.2) is 41.8 Å². The van der Waals surface area contributed by atoms with Crippen LogP contribution in [0.5, 0.6) is 0 Å². The molecule has 3 aromatic rings. The van der Waals surface area contributed by atoms with E-state index in [0.717, 1.165) is 35.3 Å². The van der Waals surface area contributed by atoms with Gasteiger partial charge in [-0.15, -0.1) is 22.7 Å². The molecule has 1 aliphatic rings. The Hall–Kier alpha value is -2.97. The Morgan fingerprint density at radius 2 is 1.91 bits per heavy atom. The van der Waals surface area contributed by atoms with Gasteiger partial charge in [0.2, 0.25) is 6.10 Å². The fourth-order valence-corrected chi connectivity index (χ4v) is 6.29. The molecule has 0 fully saturated rings. The summed E-state index contributed by atoms with van der Waals surface area (Å²) in [5.74, 6) is -0.989. The Balaban J connectivity index is 1.66. The summed E-state index contributed by atoms with van der Waals surface area (Å²) in [6.45, 7) is 6.02. The van der Waals surface area contributed by atoms with Gasteiger partial charge in [-0.3, -0.25) is 4.79 Å². The van der Waals surface area contributed by atoms with E-state index >= 15 is 0 Å². The molecule has 2 aromatic heterocycles. The van der Waals surface area contributed by atoms with E-state index in [1.807, 2.05) is 24.4 Å². The van der Waals surface area contributed by atoms with E-state index in [9.17, 15) is 14.4 Å². The first-order valence-corrected chi connectivity index (χ1v) is 13.0. The Kier molecular flexibility index (Phi) is 7.48. The highest BCUT2D eigenvalue weighted by Crippen LogP contribution is 2.40. The minimum Gasteiger partial charge on any atom is -0.462 e. The number of thiophene rings is 2. The minimum atomic E-state index is -1.16. The van der Waals surface area contributed by atoms with Gasteiger partial charge in [-0.1, -0.05) is 37.3 Å². The number of nitrogens with one attached hydrogen (secondary N) is 1. The molecular formula is C26H27NO5S2. The second-order valence-electron chi connectivity index (χ2n) is 8.39. The molecule has 0 saturated carbocycles. The van der Waals surface area contributed by atoms with E-state index in [0.29, 0.717) is 26.9 Å². The lowest BCUT2D eigenvalue weighted by Crippen LogP contribution is -2.26. The van der Waals surface area contributed by atoms with Crippen LogP contribution in [0.25, 0.3) is 0 Å². The van der Waals surface area contributed by atoms with Crippen LogP contribution in [0.2, 0.25) is 0 Å². The normalized spacial score (nSPS) is 15.8. The maximum atomic E-state index is 13.5. The molecule has 2 atom stereocenters. The SMILES string of the molecule is CCOC(=O)c1c(NC(=O)C(OC(=O)c2sccc2C)c2ccccc2)sc2c1CCC(C)C2. The van der Waals surface area contributed by atoms with Crippen molar-refractivity contribution in [2.75, 3.05) is 11.9 Å². The summed E-state index contributed by atoms with van der Waals surface area (Å²) in [5.41, 5.74) is 2.73. The molecule has 1 aliphatic carbocycles. The molecule has 1 amide bonds. The van der Waals surface area contributed by atoms with E-state index in [1.54, 1.807) is 31.2 Å². The fourth-order valence-electron chi connectivity index (χ4n) is 4.08. The number of esters is 2. The number of anilines is 1. The number of hydrogen-bond donors (Lipinski definition) is 1. The first kappa shape index (κ1) is 24.2. The average molecular weight is 498 g/mol. The van der Waals surface area contributed by atoms with Gasteiger partial charge in [-0.05, 0) is 61.6 Å². The zero-order chi connectivity index (χ0) is 24.2. The van der Waals surface area contributed by atoms with E-state index in [2.05, 4.69) is 12.2 Å². The lowest BCUT2D eigenvalue weighted by Gasteiger charge is -2.19. The highest BCUT2D eigenvalue weighted by Gasteiger charge is 2.32. The average Bonchev–Trinajstić information content (AvgIpc) is 3.40.